The van der Waals surface area contributed by atoms with Gasteiger partial charge in [0, 0.05) is 17.5 Å². The molecule has 1 atom stereocenters. The molecule has 2 aromatic carbocycles. The fourth-order valence-corrected chi connectivity index (χ4v) is 3.92. The van der Waals surface area contributed by atoms with Gasteiger partial charge in [0.2, 0.25) is 5.91 Å². The van der Waals surface area contributed by atoms with Crippen molar-refractivity contribution in [1.29, 1.82) is 0 Å². The third kappa shape index (κ3) is 4.23. The Hall–Kier alpha value is -2.31. The predicted octanol–water partition coefficient (Wildman–Crippen LogP) is 4.42. The molecule has 1 saturated heterocycles. The van der Waals surface area contributed by atoms with Crippen LogP contribution in [0, 0.1) is 5.82 Å². The number of hydrogen-bond acceptors (Lipinski definition) is 4. The number of carbonyl (C=O) groups excluding carboxylic acids is 1. The maximum Gasteiger partial charge on any atom is 0.238 e. The summed E-state index contributed by atoms with van der Waals surface area (Å²) in [6.45, 7) is 2.29. The smallest absolute Gasteiger partial charge is 0.238 e. The van der Waals surface area contributed by atoms with Crippen LogP contribution < -0.4 is 14.8 Å². The molecular weight excluding hydrogens is 383 g/mol. The van der Waals surface area contributed by atoms with Crippen LogP contribution in [0.5, 0.6) is 11.5 Å². The van der Waals surface area contributed by atoms with E-state index >= 15 is 0 Å². The topological polar surface area (TPSA) is 50.8 Å². The highest BCUT2D eigenvalue weighted by Crippen LogP contribution is 2.37. The molecule has 148 valence electrons. The maximum atomic E-state index is 13.9. The van der Waals surface area contributed by atoms with Crippen LogP contribution >= 0.6 is 11.6 Å². The molecular formula is C21H22ClFN2O3. The minimum Gasteiger partial charge on any atom is -0.490 e. The lowest BCUT2D eigenvalue weighted by molar-refractivity contribution is -0.117. The second-order valence-electron chi connectivity index (χ2n) is 7.06. The van der Waals surface area contributed by atoms with Crippen LogP contribution in [0.2, 0.25) is 5.02 Å². The van der Waals surface area contributed by atoms with Crippen LogP contribution in [-0.4, -0.2) is 37.1 Å². The minimum absolute atomic E-state index is 0.101. The van der Waals surface area contributed by atoms with Crippen molar-refractivity contribution in [3.8, 4) is 11.5 Å². The first-order chi connectivity index (χ1) is 13.6. The van der Waals surface area contributed by atoms with Gasteiger partial charge < -0.3 is 14.8 Å². The first-order valence-electron chi connectivity index (χ1n) is 9.48. The van der Waals surface area contributed by atoms with Crippen molar-refractivity contribution in [2.24, 2.45) is 0 Å². The largest absolute Gasteiger partial charge is 0.490 e. The predicted molar refractivity (Wildman–Crippen MR) is 106 cm³/mol. The van der Waals surface area contributed by atoms with Gasteiger partial charge in [0.25, 0.3) is 0 Å². The number of ether oxygens (including phenoxy) is 2. The number of carbonyl (C=O) groups is 1. The zero-order chi connectivity index (χ0) is 19.5. The van der Waals surface area contributed by atoms with Crippen molar-refractivity contribution in [3.63, 3.8) is 0 Å². The van der Waals surface area contributed by atoms with E-state index in [9.17, 15) is 9.18 Å². The summed E-state index contributed by atoms with van der Waals surface area (Å²) in [5.74, 6) is 0.758. The van der Waals surface area contributed by atoms with Gasteiger partial charge in [-0.25, -0.2) is 4.39 Å². The van der Waals surface area contributed by atoms with E-state index in [1.54, 1.807) is 0 Å². The Morgan fingerprint density at radius 1 is 1.14 bits per heavy atom. The third-order valence-corrected chi connectivity index (χ3v) is 5.30. The lowest BCUT2D eigenvalue weighted by Gasteiger charge is -2.25. The number of amides is 1. The van der Waals surface area contributed by atoms with E-state index in [0.29, 0.717) is 18.2 Å². The van der Waals surface area contributed by atoms with Gasteiger partial charge in [0.05, 0.1) is 25.4 Å². The summed E-state index contributed by atoms with van der Waals surface area (Å²) >= 11 is 5.89. The van der Waals surface area contributed by atoms with E-state index in [0.717, 1.165) is 42.9 Å². The summed E-state index contributed by atoms with van der Waals surface area (Å²) < 4.78 is 25.4. The van der Waals surface area contributed by atoms with Crippen LogP contribution in [0.1, 0.15) is 30.9 Å². The summed E-state index contributed by atoms with van der Waals surface area (Å²) in [6.07, 6.45) is 2.82. The number of hydrogen-bond donors (Lipinski definition) is 1. The molecule has 7 heteroatoms. The molecule has 0 radical (unpaired) electrons. The minimum atomic E-state index is -0.501. The van der Waals surface area contributed by atoms with Crippen LogP contribution in [0.3, 0.4) is 0 Å². The zero-order valence-corrected chi connectivity index (χ0v) is 16.2. The van der Waals surface area contributed by atoms with Crippen LogP contribution in [-0.2, 0) is 4.79 Å². The fraction of sp³-hybridized carbons (Fsp3) is 0.381. The fourth-order valence-electron chi connectivity index (χ4n) is 3.75. The normalized spacial score (nSPS) is 19.3. The first kappa shape index (κ1) is 19.0. The number of rotatable bonds is 4. The van der Waals surface area contributed by atoms with Crippen molar-refractivity contribution >= 4 is 23.2 Å². The van der Waals surface area contributed by atoms with Gasteiger partial charge in [-0.1, -0.05) is 17.7 Å². The van der Waals surface area contributed by atoms with Crippen LogP contribution in [0.25, 0.3) is 0 Å². The number of halogens is 2. The Morgan fingerprint density at radius 2 is 1.96 bits per heavy atom. The summed E-state index contributed by atoms with van der Waals surface area (Å²) in [7, 11) is 0. The van der Waals surface area contributed by atoms with Gasteiger partial charge in [-0.3, -0.25) is 9.69 Å². The molecule has 1 unspecified atom stereocenters. The Balaban J connectivity index is 1.45. The van der Waals surface area contributed by atoms with E-state index < -0.39 is 5.82 Å². The lowest BCUT2D eigenvalue weighted by Crippen LogP contribution is -2.33. The first-order valence-corrected chi connectivity index (χ1v) is 9.86. The Kier molecular flexibility index (Phi) is 5.69. The molecule has 4 rings (SSSR count). The second kappa shape index (κ2) is 8.37. The number of likely N-dealkylation sites (tertiary alicyclic amines) is 1. The zero-order valence-electron chi connectivity index (χ0n) is 15.4. The number of nitrogens with zero attached hydrogens (tertiary/aromatic N) is 1. The molecule has 2 aliphatic heterocycles. The van der Waals surface area contributed by atoms with E-state index in [-0.39, 0.29) is 24.2 Å². The van der Waals surface area contributed by atoms with E-state index in [4.69, 9.17) is 21.1 Å². The summed E-state index contributed by atoms with van der Waals surface area (Å²) in [6, 6.07) is 10.2. The van der Waals surface area contributed by atoms with Gasteiger partial charge in [-0.15, -0.1) is 0 Å². The Bertz CT molecular complexity index is 877. The summed E-state index contributed by atoms with van der Waals surface area (Å²) in [5.41, 5.74) is 1.20. The highest BCUT2D eigenvalue weighted by molar-refractivity contribution is 6.30. The van der Waals surface area contributed by atoms with Crippen molar-refractivity contribution < 1.29 is 18.7 Å². The molecule has 1 amide bonds. The van der Waals surface area contributed by atoms with E-state index in [1.807, 2.05) is 18.2 Å². The quantitative estimate of drug-likeness (QED) is 0.819. The average molecular weight is 405 g/mol. The molecule has 1 N–H and O–H groups in total. The monoisotopic (exact) mass is 404 g/mol. The van der Waals surface area contributed by atoms with Gasteiger partial charge in [0.1, 0.15) is 5.82 Å². The Labute approximate surface area is 168 Å². The lowest BCUT2D eigenvalue weighted by atomic mass is 10.0. The molecule has 1 fully saturated rings. The highest BCUT2D eigenvalue weighted by atomic mass is 35.5. The van der Waals surface area contributed by atoms with Crippen molar-refractivity contribution in [2.75, 3.05) is 31.6 Å². The van der Waals surface area contributed by atoms with Crippen molar-refractivity contribution in [3.05, 3.63) is 52.8 Å². The molecule has 28 heavy (non-hydrogen) atoms. The van der Waals surface area contributed by atoms with Gasteiger partial charge in [0.15, 0.2) is 11.5 Å². The number of fused-ring (bicyclic) bond motifs is 1. The molecule has 2 aliphatic rings. The summed E-state index contributed by atoms with van der Waals surface area (Å²) in [4.78, 5) is 14.6. The van der Waals surface area contributed by atoms with Crippen LogP contribution in [0.4, 0.5) is 10.1 Å². The molecule has 0 saturated carbocycles. The SMILES string of the molecule is O=C(CN1CCCC1c1ccc2c(c1)OCCCO2)Nc1cc(Cl)ccc1F. The van der Waals surface area contributed by atoms with Crippen molar-refractivity contribution in [2.45, 2.75) is 25.3 Å². The Morgan fingerprint density at radius 3 is 2.82 bits per heavy atom. The van der Waals surface area contributed by atoms with Crippen LogP contribution in [0.15, 0.2) is 36.4 Å². The standard InChI is InChI=1S/C21H22ClFN2O3/c22-15-5-6-16(23)17(12-15)24-21(26)13-25-8-1-3-18(25)14-4-7-19-20(11-14)28-10-2-9-27-19/h4-7,11-12,18H,1-3,8-10,13H2,(H,24,26). The molecule has 0 spiro atoms. The molecule has 5 nitrogen and oxygen atoms in total. The number of benzene rings is 2. The molecule has 0 bridgehead atoms. The maximum absolute atomic E-state index is 13.9. The molecule has 0 aliphatic carbocycles. The van der Waals surface area contributed by atoms with E-state index in [1.165, 1.54) is 18.2 Å². The second-order valence-corrected chi connectivity index (χ2v) is 7.49. The highest BCUT2D eigenvalue weighted by Gasteiger charge is 2.28. The van der Waals surface area contributed by atoms with Gasteiger partial charge in [-0.05, 0) is 55.3 Å². The number of anilines is 1. The van der Waals surface area contributed by atoms with Gasteiger partial charge >= 0.3 is 0 Å². The summed E-state index contributed by atoms with van der Waals surface area (Å²) in [5, 5.41) is 3.00. The third-order valence-electron chi connectivity index (χ3n) is 5.07. The molecule has 0 aromatic heterocycles. The molecule has 2 heterocycles. The average Bonchev–Trinajstić information content (AvgIpc) is 3.00. The van der Waals surface area contributed by atoms with Gasteiger partial charge in [-0.2, -0.15) is 0 Å². The molecule has 2 aromatic rings. The van der Waals surface area contributed by atoms with E-state index in [2.05, 4.69) is 10.2 Å². The number of nitrogens with one attached hydrogen (secondary N) is 1. The van der Waals surface area contributed by atoms with Crippen molar-refractivity contribution in [1.82, 2.24) is 4.90 Å².